The van der Waals surface area contributed by atoms with Crippen molar-refractivity contribution in [3.63, 3.8) is 0 Å². The van der Waals surface area contributed by atoms with E-state index in [0.29, 0.717) is 5.57 Å². The van der Waals surface area contributed by atoms with Crippen molar-refractivity contribution in [2.45, 2.75) is 24.9 Å². The Hall–Kier alpha value is -0.900. The molecule has 0 amide bonds. The minimum atomic E-state index is -4.22. The Morgan fingerprint density at radius 3 is 2.12 bits per heavy atom. The molecular weight excluding hydrogens is 233 g/mol. The molecule has 0 aliphatic carbocycles. The highest BCUT2D eigenvalue weighted by Gasteiger charge is 2.34. The summed E-state index contributed by atoms with van der Waals surface area (Å²) in [7, 11) is 0. The van der Waals surface area contributed by atoms with E-state index >= 15 is 0 Å². The average molecular weight is 246 g/mol. The third-order valence-corrected chi connectivity index (χ3v) is 3.11. The van der Waals surface area contributed by atoms with Crippen LogP contribution in [0.5, 0.6) is 0 Å². The van der Waals surface area contributed by atoms with Gasteiger partial charge in [0.15, 0.2) is 0 Å². The molecule has 1 aromatic carbocycles. The van der Waals surface area contributed by atoms with Gasteiger partial charge in [-0.25, -0.2) is 0 Å². The summed E-state index contributed by atoms with van der Waals surface area (Å²) in [6.07, 6.45) is -4.22. The number of benzene rings is 1. The number of rotatable bonds is 3. The second-order valence-electron chi connectivity index (χ2n) is 3.58. The van der Waals surface area contributed by atoms with Crippen LogP contribution >= 0.6 is 11.8 Å². The van der Waals surface area contributed by atoms with E-state index in [4.69, 9.17) is 0 Å². The molecule has 0 aliphatic heterocycles. The zero-order chi connectivity index (χ0) is 12.2. The van der Waals surface area contributed by atoms with Crippen molar-refractivity contribution >= 4 is 11.8 Å². The maximum atomic E-state index is 12.6. The molecule has 0 bridgehead atoms. The van der Waals surface area contributed by atoms with Gasteiger partial charge in [-0.3, -0.25) is 0 Å². The molecule has 0 N–H and O–H groups in total. The highest BCUT2D eigenvalue weighted by atomic mass is 32.2. The molecule has 0 heterocycles. The van der Waals surface area contributed by atoms with Gasteiger partial charge < -0.3 is 0 Å². The maximum Gasteiger partial charge on any atom is 0.413 e. The van der Waals surface area contributed by atoms with Crippen LogP contribution in [0.1, 0.15) is 13.8 Å². The van der Waals surface area contributed by atoms with Gasteiger partial charge >= 0.3 is 6.18 Å². The smallest absolute Gasteiger partial charge is 0.166 e. The number of halogens is 3. The van der Waals surface area contributed by atoms with Crippen LogP contribution in [-0.2, 0) is 0 Å². The molecule has 0 aromatic heterocycles. The van der Waals surface area contributed by atoms with Gasteiger partial charge in [0.2, 0.25) is 0 Å². The first-order valence-corrected chi connectivity index (χ1v) is 5.81. The maximum absolute atomic E-state index is 12.6. The second kappa shape index (κ2) is 5.43. The summed E-state index contributed by atoms with van der Waals surface area (Å²) >= 11 is 1.21. The van der Waals surface area contributed by atoms with Gasteiger partial charge in [0.05, 0.1) is 0 Å². The van der Waals surface area contributed by atoms with Gasteiger partial charge in [-0.1, -0.05) is 23.8 Å². The summed E-state index contributed by atoms with van der Waals surface area (Å²) in [4.78, 5) is 0.852. The van der Waals surface area contributed by atoms with E-state index in [0.717, 1.165) is 4.90 Å². The number of hydrogen-bond acceptors (Lipinski definition) is 1. The third kappa shape index (κ3) is 3.93. The monoisotopic (exact) mass is 246 g/mol. The van der Waals surface area contributed by atoms with E-state index in [1.807, 2.05) is 30.3 Å². The highest BCUT2D eigenvalue weighted by Crippen LogP contribution is 2.32. The van der Waals surface area contributed by atoms with E-state index < -0.39 is 11.7 Å². The quantitative estimate of drug-likeness (QED) is 0.551. The third-order valence-electron chi connectivity index (χ3n) is 2.07. The fourth-order valence-corrected chi connectivity index (χ4v) is 2.29. The van der Waals surface area contributed by atoms with Crippen LogP contribution in [0, 0.1) is 0 Å². The summed E-state index contributed by atoms with van der Waals surface area (Å²) in [6, 6.07) is 9.10. The zero-order valence-corrected chi connectivity index (χ0v) is 9.95. The second-order valence-corrected chi connectivity index (χ2v) is 4.63. The molecule has 1 rings (SSSR count). The lowest BCUT2D eigenvalue weighted by Crippen LogP contribution is -2.15. The van der Waals surface area contributed by atoms with Crippen molar-refractivity contribution in [1.82, 2.24) is 0 Å². The summed E-state index contributed by atoms with van der Waals surface area (Å²) in [5, 5.41) is 0. The van der Waals surface area contributed by atoms with E-state index in [2.05, 4.69) is 0 Å². The molecule has 0 spiro atoms. The zero-order valence-electron chi connectivity index (χ0n) is 9.14. The Morgan fingerprint density at radius 1 is 1.12 bits per heavy atom. The van der Waals surface area contributed by atoms with Crippen LogP contribution in [0.2, 0.25) is 0 Å². The number of thioether (sulfide) groups is 1. The van der Waals surface area contributed by atoms with Crippen molar-refractivity contribution in [1.29, 1.82) is 0 Å². The predicted molar refractivity (Wildman–Crippen MR) is 61.6 cm³/mol. The van der Waals surface area contributed by atoms with Crippen LogP contribution in [0.25, 0.3) is 0 Å². The lowest BCUT2D eigenvalue weighted by molar-refractivity contribution is -0.0915. The van der Waals surface area contributed by atoms with Crippen LogP contribution in [0.4, 0.5) is 13.2 Å². The molecule has 0 nitrogen and oxygen atoms in total. The van der Waals surface area contributed by atoms with Crippen molar-refractivity contribution in [3.8, 4) is 0 Å². The van der Waals surface area contributed by atoms with E-state index in [9.17, 15) is 13.2 Å². The molecule has 4 heteroatoms. The van der Waals surface area contributed by atoms with Gasteiger partial charge in [0, 0.05) is 16.2 Å². The topological polar surface area (TPSA) is 0 Å². The molecule has 88 valence electrons. The van der Waals surface area contributed by atoms with Crippen LogP contribution in [0.15, 0.2) is 46.4 Å². The first kappa shape index (κ1) is 13.2. The number of allylic oxidation sites excluding steroid dienone is 1. The predicted octanol–water partition coefficient (Wildman–Crippen LogP) is 4.68. The van der Waals surface area contributed by atoms with Gasteiger partial charge in [0.25, 0.3) is 0 Å². The normalized spacial score (nSPS) is 11.3. The molecule has 0 atom stereocenters. The largest absolute Gasteiger partial charge is 0.413 e. The Bertz CT molecular complexity index is 362. The molecular formula is C12H13F3S. The van der Waals surface area contributed by atoms with Gasteiger partial charge in [-0.2, -0.15) is 13.2 Å². The Labute approximate surface area is 97.6 Å². The SMILES string of the molecule is CC(C)=C(CSc1ccccc1)C(F)(F)F. The summed E-state index contributed by atoms with van der Waals surface area (Å²) < 4.78 is 37.8. The van der Waals surface area contributed by atoms with E-state index in [1.54, 1.807) is 0 Å². The average Bonchev–Trinajstić information content (AvgIpc) is 2.17. The number of hydrogen-bond donors (Lipinski definition) is 0. The fraction of sp³-hybridized carbons (Fsp3) is 0.333. The molecule has 1 aromatic rings. The van der Waals surface area contributed by atoms with Gasteiger partial charge in [-0.05, 0) is 26.0 Å². The Balaban J connectivity index is 2.70. The van der Waals surface area contributed by atoms with Crippen molar-refractivity contribution in [3.05, 3.63) is 41.5 Å². The number of alkyl halides is 3. The molecule has 0 fully saturated rings. The van der Waals surface area contributed by atoms with Crippen LogP contribution in [0.3, 0.4) is 0 Å². The molecule has 0 aliphatic rings. The summed E-state index contributed by atoms with van der Waals surface area (Å²) in [5.41, 5.74) is -0.114. The van der Waals surface area contributed by atoms with Crippen molar-refractivity contribution < 1.29 is 13.2 Å². The van der Waals surface area contributed by atoms with E-state index in [-0.39, 0.29) is 5.75 Å². The van der Waals surface area contributed by atoms with Gasteiger partial charge in [-0.15, -0.1) is 11.8 Å². The van der Waals surface area contributed by atoms with Crippen LogP contribution in [-0.4, -0.2) is 11.9 Å². The van der Waals surface area contributed by atoms with Gasteiger partial charge in [0.1, 0.15) is 0 Å². The minimum Gasteiger partial charge on any atom is -0.166 e. The minimum absolute atomic E-state index is 0.0319. The summed E-state index contributed by atoms with van der Waals surface area (Å²) in [5.74, 6) is -0.0319. The van der Waals surface area contributed by atoms with Crippen LogP contribution < -0.4 is 0 Å². The fourth-order valence-electron chi connectivity index (χ4n) is 1.18. The molecule has 0 unspecified atom stereocenters. The Morgan fingerprint density at radius 2 is 1.69 bits per heavy atom. The Kier molecular flexibility index (Phi) is 4.47. The van der Waals surface area contributed by atoms with Crippen molar-refractivity contribution in [2.24, 2.45) is 0 Å². The standard InChI is InChI=1S/C12H13F3S/c1-9(2)11(12(13,14)15)8-16-10-6-4-3-5-7-10/h3-7H,8H2,1-2H3. The van der Waals surface area contributed by atoms with E-state index in [1.165, 1.54) is 25.6 Å². The molecule has 0 radical (unpaired) electrons. The summed E-state index contributed by atoms with van der Waals surface area (Å²) in [6.45, 7) is 2.99. The molecule has 16 heavy (non-hydrogen) atoms. The highest BCUT2D eigenvalue weighted by molar-refractivity contribution is 7.99. The first-order valence-electron chi connectivity index (χ1n) is 4.82. The first-order chi connectivity index (χ1) is 7.41. The molecule has 0 saturated carbocycles. The lowest BCUT2D eigenvalue weighted by Gasteiger charge is -2.13. The molecule has 0 saturated heterocycles. The van der Waals surface area contributed by atoms with Crippen molar-refractivity contribution in [2.75, 3.05) is 5.75 Å². The lowest BCUT2D eigenvalue weighted by atomic mass is 10.2.